The van der Waals surface area contributed by atoms with E-state index in [4.69, 9.17) is 92.0 Å². The molecule has 9 aromatic heterocycles. The lowest BCUT2D eigenvalue weighted by Gasteiger charge is -2.40. The van der Waals surface area contributed by atoms with Crippen LogP contribution in [0.4, 0.5) is 29.2 Å². The number of fused-ring (bicyclic) bond motifs is 10. The molecule has 0 bridgehead atoms. The van der Waals surface area contributed by atoms with E-state index in [0.717, 1.165) is 199 Å². The number of hydrogen-bond acceptors (Lipinski definition) is 28. The Kier molecular flexibility index (Phi) is 29.7. The zero-order chi connectivity index (χ0) is 102. The summed E-state index contributed by atoms with van der Waals surface area (Å²) in [6.07, 6.45) is 15.8. The van der Waals surface area contributed by atoms with Crippen molar-refractivity contribution in [1.29, 1.82) is 0 Å². The summed E-state index contributed by atoms with van der Waals surface area (Å²) in [7, 11) is 13.0. The Hall–Kier alpha value is -17.9. The molecule has 2 fully saturated rings. The summed E-state index contributed by atoms with van der Waals surface area (Å²) in [6, 6.07) is 78.5. The molecule has 0 unspecified atom stereocenters. The van der Waals surface area contributed by atoms with Crippen LogP contribution in [0.5, 0.6) is 57.5 Å². The van der Waals surface area contributed by atoms with Crippen LogP contribution in [-0.2, 0) is 48.2 Å². The number of benzene rings is 11. The minimum Gasteiger partial charge on any atom is -0.493 e. The predicted octanol–water partition coefficient (Wildman–Crippen LogP) is 20.5. The molecule has 3 aliphatic heterocycles. The van der Waals surface area contributed by atoms with Gasteiger partial charge in [0.15, 0.2) is 75.0 Å². The average molecular weight is 2000 g/mol. The quantitative estimate of drug-likeness (QED) is 0.0194. The zero-order valence-corrected chi connectivity index (χ0v) is 84.6. The third-order valence-corrected chi connectivity index (χ3v) is 27.3. The number of methoxy groups -OCH3 is 8. The zero-order valence-electron chi connectivity index (χ0n) is 84.6. The van der Waals surface area contributed by atoms with Crippen LogP contribution in [0.15, 0.2) is 273 Å². The van der Waals surface area contributed by atoms with Crippen molar-refractivity contribution in [2.45, 2.75) is 44.7 Å². The summed E-state index contributed by atoms with van der Waals surface area (Å²) in [4.78, 5) is 75.8. The number of amides is 1. The third-order valence-electron chi connectivity index (χ3n) is 27.3. The molecule has 32 heteroatoms. The maximum Gasteiger partial charge on any atom is 0.250 e. The molecule has 4 aliphatic rings. The molecular formula is C118H114N20O12. The van der Waals surface area contributed by atoms with Crippen LogP contribution in [0.2, 0.25) is 0 Å². The lowest BCUT2D eigenvalue weighted by Crippen LogP contribution is -2.57. The lowest BCUT2D eigenvalue weighted by atomic mass is 10.0. The van der Waals surface area contributed by atoms with E-state index in [0.29, 0.717) is 127 Å². The summed E-state index contributed by atoms with van der Waals surface area (Å²) in [5.74, 6) is 11.8. The van der Waals surface area contributed by atoms with E-state index in [1.54, 1.807) is 69.3 Å². The number of aromatic amines is 3. The number of ether oxygens (including phenoxy) is 11. The van der Waals surface area contributed by atoms with Crippen LogP contribution in [0.25, 0.3) is 127 Å². The molecule has 32 nitrogen and oxygen atoms in total. The van der Waals surface area contributed by atoms with Crippen molar-refractivity contribution in [2.24, 2.45) is 0 Å². The number of aromatic nitrogens is 13. The van der Waals surface area contributed by atoms with Gasteiger partial charge in [0.05, 0.1) is 104 Å². The highest BCUT2D eigenvalue weighted by Gasteiger charge is 2.35. The number of likely N-dealkylation sites (tertiary alicyclic amines) is 1. The number of nitrogens with one attached hydrogen (secondary N) is 8. The maximum atomic E-state index is 13.2. The van der Waals surface area contributed by atoms with E-state index in [1.165, 1.54) is 44.0 Å². The smallest absolute Gasteiger partial charge is 0.250 e. The fourth-order valence-corrected chi connectivity index (χ4v) is 19.5. The highest BCUT2D eigenvalue weighted by molar-refractivity contribution is 6.03. The van der Waals surface area contributed by atoms with Gasteiger partial charge in [0.2, 0.25) is 11.9 Å². The fraction of sp³-hybridized carbons (Fsp3) is 0.229. The molecular weight excluding hydrogens is 1890 g/mol. The van der Waals surface area contributed by atoms with Gasteiger partial charge in [-0.3, -0.25) is 19.7 Å². The average Bonchev–Trinajstić information content (AvgIpc) is 1.45. The highest BCUT2D eigenvalue weighted by Crippen LogP contribution is 2.44. The summed E-state index contributed by atoms with van der Waals surface area (Å²) in [6.45, 7) is 9.26. The monoisotopic (exact) mass is 2000 g/mol. The Balaban J connectivity index is 0.000000117. The first-order valence-corrected chi connectivity index (χ1v) is 50.0. The van der Waals surface area contributed by atoms with Gasteiger partial charge in [0.25, 0.3) is 0 Å². The van der Waals surface area contributed by atoms with Crippen molar-refractivity contribution in [3.63, 3.8) is 0 Å². The van der Waals surface area contributed by atoms with E-state index in [1.807, 2.05) is 163 Å². The molecule has 758 valence electrons. The van der Waals surface area contributed by atoms with Crippen LogP contribution in [0, 0.1) is 0 Å². The summed E-state index contributed by atoms with van der Waals surface area (Å²) in [5, 5.41) is 25.7. The number of anilines is 5. The molecule has 0 radical (unpaired) electrons. The van der Waals surface area contributed by atoms with Gasteiger partial charge < -0.3 is 98.5 Å². The first-order valence-electron chi connectivity index (χ1n) is 50.0. The van der Waals surface area contributed by atoms with E-state index in [9.17, 15) is 4.79 Å². The lowest BCUT2D eigenvalue weighted by molar-refractivity contribution is -0.130. The Labute approximate surface area is 865 Å². The van der Waals surface area contributed by atoms with Crippen molar-refractivity contribution in [3.05, 3.63) is 312 Å². The number of carbonyl (C=O) groups is 1. The van der Waals surface area contributed by atoms with Gasteiger partial charge in [0.1, 0.15) is 36.5 Å². The van der Waals surface area contributed by atoms with Gasteiger partial charge in [-0.15, -0.1) is 0 Å². The summed E-state index contributed by atoms with van der Waals surface area (Å²) in [5.41, 5.74) is 19.2. The molecule has 8 N–H and O–H groups in total. The number of pyridine rings is 2. The van der Waals surface area contributed by atoms with Crippen molar-refractivity contribution in [2.75, 3.05) is 162 Å². The topological polar surface area (TPSA) is 362 Å². The second-order valence-corrected chi connectivity index (χ2v) is 36.5. The first kappa shape index (κ1) is 98.1. The van der Waals surface area contributed by atoms with Gasteiger partial charge >= 0.3 is 0 Å². The van der Waals surface area contributed by atoms with E-state index < -0.39 is 0 Å². The van der Waals surface area contributed by atoms with E-state index in [-0.39, 0.29) is 11.9 Å². The number of hydrogen-bond donors (Lipinski definition) is 8. The van der Waals surface area contributed by atoms with Gasteiger partial charge in [-0.05, 0) is 144 Å². The standard InChI is InChI=1S/C32H27N5O3.C31H33N5O3.C28H26N4O4.C27H28N6O2/c1-39-27-15-25-26(16-28(27)40-2)35-30(24-11-5-9-19-10-6-12-33-29(19)24)36-31(25)34-23-17-37(18-23)32(38)22-13-20-7-3-4-8-21(20)14-22;1-37-28-17-25-27(18-29(28)38-2)34-31(24-9-4-3-7-22(24)20-36-13-15-39-16-14-36)35-30(25)32-12-11-21-19-33-26-10-6-5-8-23(21)26;1-33-24-14-20-22(15-25(24)34-2)31-27(17-7-8-23-26(13-17)36-12-11-35-23)32-28(20)29-10-9-18-16-30-21-6-4-3-5-19(18)21;1-34-24-15-21-23(16-25(24)35-2)32-27(30-14-11-19-7-5-6-12-28-19)33-26(21)29-13-10-18-17-31-22-9-4-3-8-20(18)22/h3-13,15-16,23H,14,17-18H2,1-2H3,(H,34,35,36);3-10,17-19,33H,11-16,20H2,1-2H3,(H,32,34,35);3-8,13-16,30H,9-12H2,1-2H3,(H,29,31,32);3-9,12,15-17,31H,10-11,13-14H2,1-2H3,(H2,29,30,32,33). The SMILES string of the molecule is COc1cc2nc(-c3ccc4c(c3)OCCO4)nc(NCCc3c[nH]c4ccccc34)c2cc1OC.COc1cc2nc(-c3cccc4cccnc34)nc(NC3CN(C(=O)C4=Cc5ccccc5C4)C3)c2cc1OC.COc1cc2nc(-c3ccccc3CN3CCOCC3)nc(NCCc3c[nH]c4ccccc34)c2cc1OC.COc1cc2nc(NCCc3ccccn3)nc(NCCc3c[nH]c4ccccc34)c2cc1OC. The molecule has 150 heavy (non-hydrogen) atoms. The number of rotatable bonds is 32. The molecule has 2 saturated heterocycles. The van der Waals surface area contributed by atoms with Crippen molar-refractivity contribution >= 4 is 128 Å². The number of nitrogens with zero attached hydrogens (tertiary/aromatic N) is 12. The van der Waals surface area contributed by atoms with Crippen LogP contribution in [0.3, 0.4) is 0 Å². The van der Waals surface area contributed by atoms with Gasteiger partial charge in [-0.25, -0.2) is 34.9 Å². The van der Waals surface area contributed by atoms with Crippen molar-refractivity contribution in [1.82, 2.24) is 74.6 Å². The van der Waals surface area contributed by atoms with Crippen LogP contribution >= 0.6 is 0 Å². The Morgan fingerprint density at radius 3 is 1.41 bits per heavy atom. The van der Waals surface area contributed by atoms with Crippen LogP contribution in [-0.4, -0.2) is 222 Å². The molecule has 0 saturated carbocycles. The van der Waals surface area contributed by atoms with Crippen LogP contribution < -0.4 is 74.0 Å². The first-order chi connectivity index (χ1) is 73.8. The molecule has 1 amide bonds. The van der Waals surface area contributed by atoms with Crippen LogP contribution in [0.1, 0.15) is 39.1 Å². The van der Waals surface area contributed by atoms with E-state index >= 15 is 0 Å². The molecule has 11 aromatic carbocycles. The van der Waals surface area contributed by atoms with Crippen molar-refractivity contribution in [3.8, 4) is 91.7 Å². The Bertz CT molecular complexity index is 8330. The van der Waals surface area contributed by atoms with Gasteiger partial charge in [-0.1, -0.05) is 127 Å². The maximum absolute atomic E-state index is 13.2. The second kappa shape index (κ2) is 45.4. The van der Waals surface area contributed by atoms with Crippen molar-refractivity contribution < 1.29 is 56.9 Å². The Morgan fingerprint density at radius 2 is 0.847 bits per heavy atom. The fourth-order valence-electron chi connectivity index (χ4n) is 19.5. The summed E-state index contributed by atoms with van der Waals surface area (Å²) >= 11 is 0. The number of H-pyrrole nitrogens is 3. The molecule has 1 aliphatic carbocycles. The highest BCUT2D eigenvalue weighted by atomic mass is 16.6. The predicted molar refractivity (Wildman–Crippen MR) is 589 cm³/mol. The Morgan fingerprint density at radius 1 is 0.387 bits per heavy atom. The van der Waals surface area contributed by atoms with Gasteiger partial charge in [-0.2, -0.15) is 4.98 Å². The number of para-hydroxylation sites is 4. The van der Waals surface area contributed by atoms with Gasteiger partial charge in [0, 0.05) is 215 Å². The molecule has 0 atom stereocenters. The minimum absolute atomic E-state index is 0.0537. The number of carbonyl (C=O) groups excluding carboxylic acids is 1. The molecule has 12 heterocycles. The normalized spacial score (nSPS) is 13.1. The minimum atomic E-state index is 0.0537. The molecule has 24 rings (SSSR count). The van der Waals surface area contributed by atoms with E-state index in [2.05, 4.69) is 160 Å². The second-order valence-electron chi connectivity index (χ2n) is 36.5. The molecule has 20 aromatic rings. The molecule has 0 spiro atoms. The summed E-state index contributed by atoms with van der Waals surface area (Å²) < 4.78 is 61.4. The largest absolute Gasteiger partial charge is 0.493 e. The third kappa shape index (κ3) is 21.6. The number of morpholine rings is 1.